The number of aliphatic hydroxyl groups is 2. The zero-order chi connectivity index (χ0) is 6.85. The maximum absolute atomic E-state index is 9.07. The smallest absolute Gasteiger partial charge is 0.112 e. The van der Waals surface area contributed by atoms with E-state index in [-0.39, 0.29) is 16.8 Å². The van der Waals surface area contributed by atoms with Gasteiger partial charge < -0.3 is 14.9 Å². The Morgan fingerprint density at radius 3 is 2.56 bits per heavy atom. The molecule has 0 amide bonds. The molecule has 2 N–H and O–H groups in total. The molecule has 0 aliphatic carbocycles. The first-order valence-corrected chi connectivity index (χ1v) is 4.07. The molecule has 0 aromatic carbocycles. The fourth-order valence-corrected chi connectivity index (χ4v) is 1.74. The van der Waals surface area contributed by atoms with Crippen molar-refractivity contribution in [2.24, 2.45) is 0 Å². The standard InChI is InChI=1S/C5H9IO3/c6-5-1-3(8)4(2-7)9-5/h3-5,7-8H,1-2H2/t3-,4+,5?/m0/s1. The van der Waals surface area contributed by atoms with E-state index in [1.54, 1.807) is 0 Å². The number of ether oxygens (including phenoxy) is 1. The van der Waals surface area contributed by atoms with Crippen LogP contribution in [0.1, 0.15) is 6.42 Å². The van der Waals surface area contributed by atoms with Crippen molar-refractivity contribution in [1.82, 2.24) is 0 Å². The maximum Gasteiger partial charge on any atom is 0.112 e. The molecule has 0 saturated carbocycles. The molecule has 1 aliphatic rings. The molecule has 1 fully saturated rings. The van der Waals surface area contributed by atoms with Crippen molar-refractivity contribution in [1.29, 1.82) is 0 Å². The van der Waals surface area contributed by atoms with Gasteiger partial charge in [0, 0.05) is 6.42 Å². The van der Waals surface area contributed by atoms with Crippen LogP contribution >= 0.6 is 22.6 Å². The van der Waals surface area contributed by atoms with Gasteiger partial charge in [0.2, 0.25) is 0 Å². The predicted octanol–water partition coefficient (Wildman–Crippen LogP) is -0.110. The maximum atomic E-state index is 9.07. The van der Waals surface area contributed by atoms with E-state index in [0.717, 1.165) is 0 Å². The van der Waals surface area contributed by atoms with Crippen LogP contribution in [0.3, 0.4) is 0 Å². The summed E-state index contributed by atoms with van der Waals surface area (Å²) in [4.78, 5) is 0. The Morgan fingerprint density at radius 1 is 1.67 bits per heavy atom. The highest BCUT2D eigenvalue weighted by Crippen LogP contribution is 2.24. The fraction of sp³-hybridized carbons (Fsp3) is 1.00. The van der Waals surface area contributed by atoms with E-state index in [4.69, 9.17) is 14.9 Å². The average molecular weight is 244 g/mol. The Balaban J connectivity index is 2.38. The van der Waals surface area contributed by atoms with E-state index in [1.165, 1.54) is 0 Å². The summed E-state index contributed by atoms with van der Waals surface area (Å²) < 4.78 is 5.17. The summed E-state index contributed by atoms with van der Waals surface area (Å²) in [7, 11) is 0. The molecule has 1 heterocycles. The van der Waals surface area contributed by atoms with Crippen LogP contribution in [0, 0.1) is 0 Å². The van der Waals surface area contributed by atoms with E-state index in [0.29, 0.717) is 6.42 Å². The van der Waals surface area contributed by atoms with Gasteiger partial charge in [0.05, 0.1) is 12.7 Å². The van der Waals surface area contributed by atoms with Crippen molar-refractivity contribution >= 4 is 22.6 Å². The van der Waals surface area contributed by atoms with Crippen molar-refractivity contribution in [2.45, 2.75) is 22.7 Å². The Kier molecular flexibility index (Phi) is 2.69. The molecule has 54 valence electrons. The lowest BCUT2D eigenvalue weighted by molar-refractivity contribution is 0.000473. The van der Waals surface area contributed by atoms with Gasteiger partial charge in [-0.2, -0.15) is 0 Å². The first-order chi connectivity index (χ1) is 4.24. The van der Waals surface area contributed by atoms with Crippen LogP contribution in [0.2, 0.25) is 0 Å². The van der Waals surface area contributed by atoms with Crippen LogP contribution in [0.25, 0.3) is 0 Å². The summed E-state index contributed by atoms with van der Waals surface area (Å²) in [5.41, 5.74) is 0. The highest BCUT2D eigenvalue weighted by Gasteiger charge is 2.31. The summed E-state index contributed by atoms with van der Waals surface area (Å²) in [5.74, 6) is 0. The van der Waals surface area contributed by atoms with Gasteiger partial charge in [-0.15, -0.1) is 0 Å². The summed E-state index contributed by atoms with van der Waals surface area (Å²) >= 11 is 2.09. The number of rotatable bonds is 1. The third kappa shape index (κ3) is 1.76. The van der Waals surface area contributed by atoms with Gasteiger partial charge in [-0.1, -0.05) is 22.6 Å². The van der Waals surface area contributed by atoms with Crippen LogP contribution in [0.4, 0.5) is 0 Å². The lowest BCUT2D eigenvalue weighted by Gasteiger charge is -2.08. The molecule has 3 nitrogen and oxygen atoms in total. The monoisotopic (exact) mass is 244 g/mol. The van der Waals surface area contributed by atoms with Gasteiger partial charge in [-0.25, -0.2) is 0 Å². The predicted molar refractivity (Wildman–Crippen MR) is 40.4 cm³/mol. The van der Waals surface area contributed by atoms with Crippen LogP contribution < -0.4 is 0 Å². The third-order valence-corrected chi connectivity index (χ3v) is 2.16. The second kappa shape index (κ2) is 3.14. The molecule has 0 radical (unpaired) electrons. The topological polar surface area (TPSA) is 49.7 Å². The van der Waals surface area contributed by atoms with E-state index in [9.17, 15) is 0 Å². The molecule has 1 aliphatic heterocycles. The van der Waals surface area contributed by atoms with Gasteiger partial charge in [0.1, 0.15) is 10.2 Å². The van der Waals surface area contributed by atoms with Crippen LogP contribution in [0.5, 0.6) is 0 Å². The van der Waals surface area contributed by atoms with Gasteiger partial charge in [0.15, 0.2) is 0 Å². The SMILES string of the molecule is OC[C@H]1OC(I)C[C@@H]1O. The summed E-state index contributed by atoms with van der Waals surface area (Å²) in [6.45, 7) is -0.0827. The van der Waals surface area contributed by atoms with Crippen molar-refractivity contribution in [2.75, 3.05) is 6.61 Å². The zero-order valence-corrected chi connectivity index (χ0v) is 6.98. The second-order valence-corrected chi connectivity index (χ2v) is 3.46. The minimum atomic E-state index is -0.475. The largest absolute Gasteiger partial charge is 0.394 e. The minimum absolute atomic E-state index is 0.0646. The molecule has 0 aromatic rings. The molecule has 0 bridgehead atoms. The van der Waals surface area contributed by atoms with Gasteiger partial charge in [-0.3, -0.25) is 0 Å². The number of hydrogen-bond acceptors (Lipinski definition) is 3. The zero-order valence-electron chi connectivity index (χ0n) is 4.83. The van der Waals surface area contributed by atoms with E-state index in [2.05, 4.69) is 22.6 Å². The molecule has 1 saturated heterocycles. The number of halogens is 1. The van der Waals surface area contributed by atoms with Gasteiger partial charge in [0.25, 0.3) is 0 Å². The molecule has 1 unspecified atom stereocenters. The Morgan fingerprint density at radius 2 is 2.33 bits per heavy atom. The lowest BCUT2D eigenvalue weighted by atomic mass is 10.2. The average Bonchev–Trinajstić information content (AvgIpc) is 2.10. The van der Waals surface area contributed by atoms with Crippen LogP contribution in [-0.2, 0) is 4.74 Å². The lowest BCUT2D eigenvalue weighted by Crippen LogP contribution is -2.24. The summed E-state index contributed by atoms with van der Waals surface area (Å²) in [5, 5.41) is 17.6. The summed E-state index contributed by atoms with van der Waals surface area (Å²) in [6, 6.07) is 0. The highest BCUT2D eigenvalue weighted by atomic mass is 127. The van der Waals surface area contributed by atoms with E-state index < -0.39 is 6.10 Å². The number of hydrogen-bond donors (Lipinski definition) is 2. The Bertz CT molecular complexity index is 98.2. The summed E-state index contributed by atoms with van der Waals surface area (Å²) in [6.07, 6.45) is -0.199. The third-order valence-electron chi connectivity index (χ3n) is 1.36. The highest BCUT2D eigenvalue weighted by molar-refractivity contribution is 14.1. The van der Waals surface area contributed by atoms with E-state index in [1.807, 2.05) is 0 Å². The number of alkyl halides is 1. The van der Waals surface area contributed by atoms with Gasteiger partial charge >= 0.3 is 0 Å². The second-order valence-electron chi connectivity index (χ2n) is 2.07. The molecule has 9 heavy (non-hydrogen) atoms. The quantitative estimate of drug-likeness (QED) is 0.499. The van der Waals surface area contributed by atoms with Crippen LogP contribution in [-0.4, -0.2) is 33.1 Å². The van der Waals surface area contributed by atoms with Crippen molar-refractivity contribution < 1.29 is 14.9 Å². The Labute approximate surface area is 67.2 Å². The normalized spacial score (nSPS) is 43.7. The molecule has 0 spiro atoms. The number of aliphatic hydroxyl groups excluding tert-OH is 2. The molecule has 4 heteroatoms. The van der Waals surface area contributed by atoms with E-state index >= 15 is 0 Å². The molecule has 1 rings (SSSR count). The first-order valence-electron chi connectivity index (χ1n) is 2.82. The molecule has 0 aromatic heterocycles. The van der Waals surface area contributed by atoms with Crippen molar-refractivity contribution in [3.63, 3.8) is 0 Å². The first kappa shape index (κ1) is 7.71. The minimum Gasteiger partial charge on any atom is -0.394 e. The molecule has 3 atom stereocenters. The Hall–Kier alpha value is 0.610. The fourth-order valence-electron chi connectivity index (χ4n) is 0.842. The van der Waals surface area contributed by atoms with Crippen LogP contribution in [0.15, 0.2) is 0 Å². The van der Waals surface area contributed by atoms with Crippen molar-refractivity contribution in [3.8, 4) is 0 Å². The molecular formula is C5H9IO3. The molecular weight excluding hydrogens is 235 g/mol. The van der Waals surface area contributed by atoms with Gasteiger partial charge in [-0.05, 0) is 0 Å². The van der Waals surface area contributed by atoms with Crippen molar-refractivity contribution in [3.05, 3.63) is 0 Å².